The van der Waals surface area contributed by atoms with Crippen LogP contribution in [0.3, 0.4) is 0 Å². The van der Waals surface area contributed by atoms with Crippen LogP contribution in [0.4, 0.5) is 9.18 Å². The summed E-state index contributed by atoms with van der Waals surface area (Å²) >= 11 is 5.70. The van der Waals surface area contributed by atoms with Gasteiger partial charge in [-0.05, 0) is 31.0 Å². The van der Waals surface area contributed by atoms with E-state index in [0.29, 0.717) is 17.9 Å². The maximum absolute atomic E-state index is 13.6. The molecular formula is C17H17ClFN3O5. The number of nitrogens with one attached hydrogen (secondary N) is 2. The van der Waals surface area contributed by atoms with Gasteiger partial charge in [-0.15, -0.1) is 0 Å². The molecule has 0 bridgehead atoms. The molecule has 1 spiro atoms. The lowest BCUT2D eigenvalue weighted by Crippen LogP contribution is -2.51. The molecule has 4 amide bonds. The van der Waals surface area contributed by atoms with Crippen molar-refractivity contribution in [1.29, 1.82) is 0 Å². The third-order valence-electron chi connectivity index (χ3n) is 4.59. The van der Waals surface area contributed by atoms with Gasteiger partial charge in [-0.2, -0.15) is 5.01 Å². The summed E-state index contributed by atoms with van der Waals surface area (Å²) in [5, 5.41) is 3.36. The smallest absolute Gasteiger partial charge is 0.344 e. The van der Waals surface area contributed by atoms with Crippen LogP contribution in [0, 0.1) is 5.82 Å². The molecule has 3 rings (SSSR count). The molecule has 144 valence electrons. The zero-order chi connectivity index (χ0) is 19.6. The first-order chi connectivity index (χ1) is 12.8. The van der Waals surface area contributed by atoms with E-state index in [1.54, 1.807) is 0 Å². The minimum atomic E-state index is -1.09. The molecule has 0 radical (unpaired) electrons. The van der Waals surface area contributed by atoms with Gasteiger partial charge >= 0.3 is 12.0 Å². The Labute approximate surface area is 158 Å². The molecule has 1 aliphatic heterocycles. The Morgan fingerprint density at radius 3 is 2.67 bits per heavy atom. The number of carbonyl (C=O) groups excluding carboxylic acids is 4. The molecule has 1 saturated carbocycles. The number of benzene rings is 1. The highest BCUT2D eigenvalue weighted by atomic mass is 35.5. The zero-order valence-corrected chi connectivity index (χ0v) is 15.0. The van der Waals surface area contributed by atoms with Crippen molar-refractivity contribution in [2.75, 3.05) is 6.61 Å². The van der Waals surface area contributed by atoms with Crippen LogP contribution in [0.2, 0.25) is 5.02 Å². The number of urea groups is 1. The van der Waals surface area contributed by atoms with Gasteiger partial charge in [0, 0.05) is 5.02 Å². The predicted molar refractivity (Wildman–Crippen MR) is 91.0 cm³/mol. The first-order valence-electron chi connectivity index (χ1n) is 8.41. The van der Waals surface area contributed by atoms with Gasteiger partial charge in [-0.1, -0.05) is 30.9 Å². The van der Waals surface area contributed by atoms with Crippen molar-refractivity contribution in [3.63, 3.8) is 0 Å². The van der Waals surface area contributed by atoms with Crippen molar-refractivity contribution in [1.82, 2.24) is 15.8 Å². The molecule has 1 heterocycles. The maximum Gasteiger partial charge on any atom is 0.344 e. The number of hydrogen-bond acceptors (Lipinski definition) is 5. The average Bonchev–Trinajstić information content (AvgIpc) is 2.86. The third-order valence-corrected chi connectivity index (χ3v) is 4.82. The van der Waals surface area contributed by atoms with Gasteiger partial charge in [0.25, 0.3) is 11.8 Å². The van der Waals surface area contributed by atoms with E-state index < -0.39 is 47.3 Å². The van der Waals surface area contributed by atoms with Gasteiger partial charge in [0.05, 0.1) is 5.56 Å². The van der Waals surface area contributed by atoms with Crippen molar-refractivity contribution in [2.24, 2.45) is 0 Å². The number of carbonyl (C=O) groups is 4. The number of imide groups is 1. The fourth-order valence-electron chi connectivity index (χ4n) is 3.24. The van der Waals surface area contributed by atoms with Gasteiger partial charge in [0.15, 0.2) is 6.61 Å². The molecule has 1 aliphatic carbocycles. The zero-order valence-electron chi connectivity index (χ0n) is 14.2. The van der Waals surface area contributed by atoms with Crippen LogP contribution in [0.25, 0.3) is 0 Å². The molecule has 2 fully saturated rings. The molecule has 0 aromatic heterocycles. The summed E-state index contributed by atoms with van der Waals surface area (Å²) in [7, 11) is 0. The van der Waals surface area contributed by atoms with E-state index in [9.17, 15) is 23.6 Å². The van der Waals surface area contributed by atoms with Crippen LogP contribution in [-0.2, 0) is 14.3 Å². The molecule has 1 aromatic carbocycles. The van der Waals surface area contributed by atoms with E-state index in [1.165, 1.54) is 6.07 Å². The number of nitrogens with zero attached hydrogens (tertiary/aromatic N) is 1. The van der Waals surface area contributed by atoms with E-state index >= 15 is 0 Å². The van der Waals surface area contributed by atoms with E-state index in [-0.39, 0.29) is 5.02 Å². The summed E-state index contributed by atoms with van der Waals surface area (Å²) in [5.41, 5.74) is 0.711. The van der Waals surface area contributed by atoms with Crippen molar-refractivity contribution < 1.29 is 28.3 Å². The average molecular weight is 398 g/mol. The van der Waals surface area contributed by atoms with Crippen LogP contribution in [0.1, 0.15) is 42.5 Å². The quantitative estimate of drug-likeness (QED) is 0.596. The number of ether oxygens (including phenoxy) is 1. The first kappa shape index (κ1) is 19.1. The summed E-state index contributed by atoms with van der Waals surface area (Å²) in [5.74, 6) is -3.38. The number of amides is 4. The standard InChI is InChI=1S/C17H17ClFN3O5/c18-10-4-5-12(19)11(8-10)14(24)27-9-13(23)21-22-15(25)17(20-16(22)26)6-2-1-3-7-17/h4-5,8H,1-3,6-7,9H2,(H,20,26)(H,21,23). The van der Waals surface area contributed by atoms with Crippen molar-refractivity contribution in [3.05, 3.63) is 34.6 Å². The normalized spacial score (nSPS) is 18.4. The van der Waals surface area contributed by atoms with Gasteiger partial charge in [0.2, 0.25) is 0 Å². The molecule has 1 saturated heterocycles. The van der Waals surface area contributed by atoms with Crippen LogP contribution in [0.5, 0.6) is 0 Å². The minimum Gasteiger partial charge on any atom is -0.452 e. The second-order valence-corrected chi connectivity index (χ2v) is 6.89. The van der Waals surface area contributed by atoms with E-state index in [2.05, 4.69) is 10.7 Å². The second kappa shape index (κ2) is 7.51. The lowest BCUT2D eigenvalue weighted by atomic mass is 9.82. The van der Waals surface area contributed by atoms with Crippen LogP contribution >= 0.6 is 11.6 Å². The number of esters is 1. The third kappa shape index (κ3) is 3.87. The maximum atomic E-state index is 13.6. The lowest BCUT2D eigenvalue weighted by Gasteiger charge is -2.30. The molecular weight excluding hydrogens is 381 g/mol. The highest BCUT2D eigenvalue weighted by Crippen LogP contribution is 2.32. The number of rotatable bonds is 4. The fraction of sp³-hybridized carbons (Fsp3) is 0.412. The van der Waals surface area contributed by atoms with Crippen molar-refractivity contribution >= 4 is 35.4 Å². The van der Waals surface area contributed by atoms with E-state index in [4.69, 9.17) is 16.3 Å². The molecule has 0 atom stereocenters. The van der Waals surface area contributed by atoms with Gasteiger partial charge < -0.3 is 10.1 Å². The summed E-state index contributed by atoms with van der Waals surface area (Å²) < 4.78 is 18.3. The van der Waals surface area contributed by atoms with Gasteiger partial charge in [-0.3, -0.25) is 15.0 Å². The second-order valence-electron chi connectivity index (χ2n) is 6.45. The molecule has 1 aromatic rings. The van der Waals surface area contributed by atoms with Crippen molar-refractivity contribution in [3.8, 4) is 0 Å². The Morgan fingerprint density at radius 2 is 1.96 bits per heavy atom. The SMILES string of the molecule is O=C(COC(=O)c1cc(Cl)ccc1F)NN1C(=O)NC2(CCCCC2)C1=O. The van der Waals surface area contributed by atoms with Gasteiger partial charge in [-0.25, -0.2) is 14.0 Å². The Morgan fingerprint density at radius 1 is 1.26 bits per heavy atom. The Bertz CT molecular complexity index is 810. The van der Waals surface area contributed by atoms with Gasteiger partial charge in [0.1, 0.15) is 11.4 Å². The largest absolute Gasteiger partial charge is 0.452 e. The summed E-state index contributed by atoms with van der Waals surface area (Å²) in [4.78, 5) is 48.4. The number of halogens is 2. The van der Waals surface area contributed by atoms with Crippen molar-refractivity contribution in [2.45, 2.75) is 37.6 Å². The fourth-order valence-corrected chi connectivity index (χ4v) is 3.41. The molecule has 0 unspecified atom stereocenters. The highest BCUT2D eigenvalue weighted by Gasteiger charge is 2.52. The predicted octanol–water partition coefficient (Wildman–Crippen LogP) is 1.92. The Balaban J connectivity index is 1.58. The summed E-state index contributed by atoms with van der Waals surface area (Å²) in [6, 6.07) is 2.60. The monoisotopic (exact) mass is 397 g/mol. The first-order valence-corrected chi connectivity index (χ1v) is 8.78. The lowest BCUT2D eigenvalue weighted by molar-refractivity contribution is -0.140. The topological polar surface area (TPSA) is 105 Å². The Kier molecular flexibility index (Phi) is 5.31. The molecule has 2 N–H and O–H groups in total. The van der Waals surface area contributed by atoms with E-state index in [1.807, 2.05) is 0 Å². The molecule has 8 nitrogen and oxygen atoms in total. The Hall–Kier alpha value is -2.68. The number of hydrazine groups is 1. The molecule has 27 heavy (non-hydrogen) atoms. The number of hydrogen-bond donors (Lipinski definition) is 2. The molecule has 2 aliphatic rings. The minimum absolute atomic E-state index is 0.130. The summed E-state index contributed by atoms with van der Waals surface area (Å²) in [6.45, 7) is -0.797. The van der Waals surface area contributed by atoms with Crippen LogP contribution in [-0.4, -0.2) is 41.0 Å². The van der Waals surface area contributed by atoms with Crippen LogP contribution in [0.15, 0.2) is 18.2 Å². The van der Waals surface area contributed by atoms with Crippen LogP contribution < -0.4 is 10.7 Å². The molecule has 10 heteroatoms. The highest BCUT2D eigenvalue weighted by molar-refractivity contribution is 6.30. The van der Waals surface area contributed by atoms with E-state index in [0.717, 1.165) is 31.4 Å². The summed E-state index contributed by atoms with van der Waals surface area (Å²) in [6.07, 6.45) is 3.60.